The van der Waals surface area contributed by atoms with Gasteiger partial charge in [0.2, 0.25) is 5.95 Å². The van der Waals surface area contributed by atoms with Crippen LogP contribution in [0.5, 0.6) is 0 Å². The highest BCUT2D eigenvalue weighted by atomic mass is 19.4. The van der Waals surface area contributed by atoms with Crippen molar-refractivity contribution in [3.8, 4) is 0 Å². The van der Waals surface area contributed by atoms with E-state index in [0.29, 0.717) is 5.69 Å². The van der Waals surface area contributed by atoms with Gasteiger partial charge in [-0.15, -0.1) is 0 Å². The quantitative estimate of drug-likeness (QED) is 0.879. The van der Waals surface area contributed by atoms with Crippen molar-refractivity contribution in [2.75, 3.05) is 10.6 Å². The number of aromatic nitrogens is 2. The van der Waals surface area contributed by atoms with E-state index in [4.69, 9.17) is 0 Å². The van der Waals surface area contributed by atoms with Crippen LogP contribution >= 0.6 is 0 Å². The lowest BCUT2D eigenvalue weighted by molar-refractivity contribution is -0.141. The summed E-state index contributed by atoms with van der Waals surface area (Å²) >= 11 is 0. The van der Waals surface area contributed by atoms with Crippen molar-refractivity contribution >= 4 is 17.5 Å². The average Bonchev–Trinajstić information content (AvgIpc) is 2.36. The SMILES string of the molecule is CC(C)(C)Nc1nc(Nc2ccccc2)cc(C(F)(F)F)n1. The third-order valence-electron chi connectivity index (χ3n) is 2.55. The topological polar surface area (TPSA) is 49.8 Å². The Morgan fingerprint density at radius 2 is 1.59 bits per heavy atom. The van der Waals surface area contributed by atoms with Gasteiger partial charge in [0.1, 0.15) is 5.82 Å². The highest BCUT2D eigenvalue weighted by molar-refractivity contribution is 5.57. The lowest BCUT2D eigenvalue weighted by Crippen LogP contribution is -2.28. The maximum atomic E-state index is 13.0. The van der Waals surface area contributed by atoms with Crippen LogP contribution in [0.4, 0.5) is 30.6 Å². The standard InChI is InChI=1S/C15H17F3N4/c1-14(2,3)22-13-20-11(15(16,17)18)9-12(21-13)19-10-7-5-4-6-8-10/h4-9H,1-3H3,(H2,19,20,21,22). The van der Waals surface area contributed by atoms with Gasteiger partial charge in [-0.2, -0.15) is 18.2 Å². The van der Waals surface area contributed by atoms with Gasteiger partial charge in [-0.1, -0.05) is 18.2 Å². The molecule has 0 saturated heterocycles. The summed E-state index contributed by atoms with van der Waals surface area (Å²) in [6.45, 7) is 5.46. The largest absolute Gasteiger partial charge is 0.433 e. The van der Waals surface area contributed by atoms with Gasteiger partial charge in [0.25, 0.3) is 0 Å². The molecule has 0 spiro atoms. The highest BCUT2D eigenvalue weighted by Crippen LogP contribution is 2.30. The molecule has 0 bridgehead atoms. The van der Waals surface area contributed by atoms with E-state index in [9.17, 15) is 13.2 Å². The fourth-order valence-electron chi connectivity index (χ4n) is 1.72. The monoisotopic (exact) mass is 310 g/mol. The summed E-state index contributed by atoms with van der Waals surface area (Å²) in [6, 6.07) is 9.75. The zero-order valence-electron chi connectivity index (χ0n) is 12.5. The van der Waals surface area contributed by atoms with Crippen molar-refractivity contribution in [2.24, 2.45) is 0 Å². The fourth-order valence-corrected chi connectivity index (χ4v) is 1.72. The minimum absolute atomic E-state index is 0.0687. The molecule has 2 rings (SSSR count). The minimum atomic E-state index is -4.54. The molecule has 0 atom stereocenters. The second kappa shape index (κ2) is 5.82. The van der Waals surface area contributed by atoms with E-state index in [1.54, 1.807) is 24.3 Å². The van der Waals surface area contributed by atoms with Gasteiger partial charge in [-0.3, -0.25) is 0 Å². The molecular formula is C15H17F3N4. The van der Waals surface area contributed by atoms with Crippen LogP contribution in [0.1, 0.15) is 26.5 Å². The summed E-state index contributed by atoms with van der Waals surface area (Å²) < 4.78 is 38.9. The average molecular weight is 310 g/mol. The number of para-hydroxylation sites is 1. The van der Waals surface area contributed by atoms with E-state index in [-0.39, 0.29) is 11.8 Å². The van der Waals surface area contributed by atoms with Crippen molar-refractivity contribution in [3.05, 3.63) is 42.1 Å². The fraction of sp³-hybridized carbons (Fsp3) is 0.333. The maximum Gasteiger partial charge on any atom is 0.433 e. The lowest BCUT2D eigenvalue weighted by atomic mass is 10.1. The lowest BCUT2D eigenvalue weighted by Gasteiger charge is -2.21. The third-order valence-corrected chi connectivity index (χ3v) is 2.55. The Morgan fingerprint density at radius 3 is 2.14 bits per heavy atom. The van der Waals surface area contributed by atoms with Crippen LogP contribution in [0.25, 0.3) is 0 Å². The Kier molecular flexibility index (Phi) is 4.25. The van der Waals surface area contributed by atoms with Crippen LogP contribution in [-0.2, 0) is 6.18 Å². The van der Waals surface area contributed by atoms with Crippen LogP contribution < -0.4 is 10.6 Å². The van der Waals surface area contributed by atoms with Gasteiger partial charge in [0.05, 0.1) is 0 Å². The molecule has 1 heterocycles. The van der Waals surface area contributed by atoms with Gasteiger partial charge in [0.15, 0.2) is 5.69 Å². The first-order valence-corrected chi connectivity index (χ1v) is 6.70. The molecular weight excluding hydrogens is 293 g/mol. The summed E-state index contributed by atoms with van der Waals surface area (Å²) in [6.07, 6.45) is -4.54. The Morgan fingerprint density at radius 1 is 0.955 bits per heavy atom. The van der Waals surface area contributed by atoms with Crippen molar-refractivity contribution < 1.29 is 13.2 Å². The minimum Gasteiger partial charge on any atom is -0.350 e. The molecule has 2 aromatic rings. The number of alkyl halides is 3. The van der Waals surface area contributed by atoms with Crippen molar-refractivity contribution in [1.82, 2.24) is 9.97 Å². The van der Waals surface area contributed by atoms with Crippen molar-refractivity contribution in [3.63, 3.8) is 0 Å². The Labute approximate surface area is 126 Å². The number of hydrogen-bond acceptors (Lipinski definition) is 4. The number of anilines is 3. The van der Waals surface area contributed by atoms with E-state index in [1.165, 1.54) is 0 Å². The van der Waals surface area contributed by atoms with E-state index < -0.39 is 17.4 Å². The van der Waals surface area contributed by atoms with Gasteiger partial charge in [-0.25, -0.2) is 4.98 Å². The molecule has 0 amide bonds. The number of halogens is 3. The number of benzene rings is 1. The molecule has 4 nitrogen and oxygen atoms in total. The summed E-state index contributed by atoms with van der Waals surface area (Å²) in [5.41, 5.74) is -0.794. The van der Waals surface area contributed by atoms with Crippen LogP contribution in [0.15, 0.2) is 36.4 Å². The molecule has 118 valence electrons. The molecule has 0 fully saturated rings. The van der Waals surface area contributed by atoms with E-state index in [0.717, 1.165) is 6.07 Å². The molecule has 1 aromatic carbocycles. The molecule has 0 aliphatic carbocycles. The summed E-state index contributed by atoms with van der Waals surface area (Å²) in [5, 5.41) is 5.71. The van der Waals surface area contributed by atoms with Crippen LogP contribution in [-0.4, -0.2) is 15.5 Å². The van der Waals surface area contributed by atoms with Gasteiger partial charge in [-0.05, 0) is 32.9 Å². The number of hydrogen-bond donors (Lipinski definition) is 2. The Balaban J connectivity index is 2.38. The molecule has 7 heteroatoms. The predicted octanol–water partition coefficient (Wildman–Crippen LogP) is 4.45. The van der Waals surface area contributed by atoms with Gasteiger partial charge in [0, 0.05) is 17.3 Å². The van der Waals surface area contributed by atoms with E-state index in [2.05, 4.69) is 20.6 Å². The Bertz CT molecular complexity index is 633. The molecule has 0 saturated carbocycles. The number of nitrogens with zero attached hydrogens (tertiary/aromatic N) is 2. The first-order chi connectivity index (χ1) is 10.1. The van der Waals surface area contributed by atoms with Gasteiger partial charge < -0.3 is 10.6 Å². The maximum absolute atomic E-state index is 13.0. The van der Waals surface area contributed by atoms with Crippen LogP contribution in [0.2, 0.25) is 0 Å². The summed E-state index contributed by atoms with van der Waals surface area (Å²) in [7, 11) is 0. The zero-order chi connectivity index (χ0) is 16.4. The number of nitrogens with one attached hydrogen (secondary N) is 2. The molecule has 1 aromatic heterocycles. The summed E-state index contributed by atoms with van der Waals surface area (Å²) in [5.74, 6) is 0.0148. The second-order valence-electron chi connectivity index (χ2n) is 5.83. The first-order valence-electron chi connectivity index (χ1n) is 6.70. The first kappa shape index (κ1) is 16.1. The van der Waals surface area contributed by atoms with E-state index in [1.807, 2.05) is 26.8 Å². The molecule has 22 heavy (non-hydrogen) atoms. The van der Waals surface area contributed by atoms with Gasteiger partial charge >= 0.3 is 6.18 Å². The van der Waals surface area contributed by atoms with Crippen molar-refractivity contribution in [1.29, 1.82) is 0 Å². The predicted molar refractivity (Wildman–Crippen MR) is 80.1 cm³/mol. The number of rotatable bonds is 3. The zero-order valence-corrected chi connectivity index (χ0v) is 12.5. The van der Waals surface area contributed by atoms with Crippen LogP contribution in [0, 0.1) is 0 Å². The smallest absolute Gasteiger partial charge is 0.350 e. The molecule has 0 aliphatic rings. The normalized spacial score (nSPS) is 12.1. The molecule has 0 aliphatic heterocycles. The molecule has 0 unspecified atom stereocenters. The summed E-state index contributed by atoms with van der Waals surface area (Å²) in [4.78, 5) is 7.64. The van der Waals surface area contributed by atoms with Crippen molar-refractivity contribution in [2.45, 2.75) is 32.5 Å². The molecule has 0 radical (unpaired) electrons. The van der Waals surface area contributed by atoms with E-state index >= 15 is 0 Å². The second-order valence-corrected chi connectivity index (χ2v) is 5.83. The third kappa shape index (κ3) is 4.61. The van der Waals surface area contributed by atoms with Crippen LogP contribution in [0.3, 0.4) is 0 Å². The molecule has 2 N–H and O–H groups in total. The highest BCUT2D eigenvalue weighted by Gasteiger charge is 2.34. The Hall–Kier alpha value is -2.31.